The van der Waals surface area contributed by atoms with Crippen molar-refractivity contribution in [2.75, 3.05) is 12.4 Å². The van der Waals surface area contributed by atoms with E-state index < -0.39 is 17.8 Å². The Hall–Kier alpha value is -2.43. The number of hydrogen-bond donors (Lipinski definition) is 1. The number of hydrogen-bond acceptors (Lipinski definition) is 3. The standard InChI is InChI=1S/C16H15F2NO2/c1-10-3-4-11(9-14(10)18)15(16(20)21-2)19-13-7-5-12(17)6-8-13/h3-9,15,19H,1-2H3. The summed E-state index contributed by atoms with van der Waals surface area (Å²) in [5.41, 5.74) is 1.46. The molecule has 3 nitrogen and oxygen atoms in total. The number of rotatable bonds is 4. The number of nitrogens with one attached hydrogen (secondary N) is 1. The number of benzene rings is 2. The third-order valence-corrected chi connectivity index (χ3v) is 3.12. The molecule has 21 heavy (non-hydrogen) atoms. The molecule has 0 radical (unpaired) electrons. The topological polar surface area (TPSA) is 38.3 Å². The van der Waals surface area contributed by atoms with Crippen LogP contribution in [0.15, 0.2) is 42.5 Å². The minimum Gasteiger partial charge on any atom is -0.467 e. The third kappa shape index (κ3) is 3.56. The van der Waals surface area contributed by atoms with Crippen molar-refractivity contribution in [1.82, 2.24) is 0 Å². The molecule has 2 aromatic rings. The van der Waals surface area contributed by atoms with Crippen LogP contribution in [0, 0.1) is 18.6 Å². The van der Waals surface area contributed by atoms with Crippen molar-refractivity contribution in [2.24, 2.45) is 0 Å². The van der Waals surface area contributed by atoms with Gasteiger partial charge in [0, 0.05) is 5.69 Å². The van der Waals surface area contributed by atoms with Crippen LogP contribution in [-0.4, -0.2) is 13.1 Å². The molecule has 2 rings (SSSR count). The van der Waals surface area contributed by atoms with Crippen LogP contribution in [0.25, 0.3) is 0 Å². The van der Waals surface area contributed by atoms with E-state index in [-0.39, 0.29) is 5.82 Å². The second-order valence-electron chi connectivity index (χ2n) is 4.62. The summed E-state index contributed by atoms with van der Waals surface area (Å²) >= 11 is 0. The van der Waals surface area contributed by atoms with Gasteiger partial charge in [0.1, 0.15) is 11.6 Å². The van der Waals surface area contributed by atoms with Crippen LogP contribution in [0.4, 0.5) is 14.5 Å². The number of methoxy groups -OCH3 is 1. The predicted molar refractivity (Wildman–Crippen MR) is 75.9 cm³/mol. The summed E-state index contributed by atoms with van der Waals surface area (Å²) < 4.78 is 31.3. The average Bonchev–Trinajstić information content (AvgIpc) is 2.49. The molecule has 0 spiro atoms. The maximum atomic E-state index is 13.7. The van der Waals surface area contributed by atoms with Gasteiger partial charge in [-0.3, -0.25) is 0 Å². The summed E-state index contributed by atoms with van der Waals surface area (Å²) in [5, 5.41) is 2.91. The molecule has 0 aliphatic carbocycles. The minimum absolute atomic E-state index is 0.378. The zero-order chi connectivity index (χ0) is 15.4. The van der Waals surface area contributed by atoms with E-state index in [9.17, 15) is 13.6 Å². The molecule has 0 saturated carbocycles. The molecule has 0 saturated heterocycles. The zero-order valence-electron chi connectivity index (χ0n) is 11.7. The number of carbonyl (C=O) groups is 1. The Morgan fingerprint density at radius 1 is 1.14 bits per heavy atom. The Balaban J connectivity index is 2.31. The van der Waals surface area contributed by atoms with Gasteiger partial charge in [0.2, 0.25) is 0 Å². The van der Waals surface area contributed by atoms with Gasteiger partial charge < -0.3 is 10.1 Å². The fraction of sp³-hybridized carbons (Fsp3) is 0.188. The lowest BCUT2D eigenvalue weighted by molar-refractivity contribution is -0.141. The number of anilines is 1. The van der Waals surface area contributed by atoms with E-state index >= 15 is 0 Å². The van der Waals surface area contributed by atoms with Crippen molar-refractivity contribution in [1.29, 1.82) is 0 Å². The van der Waals surface area contributed by atoms with E-state index in [1.165, 1.54) is 37.4 Å². The predicted octanol–water partition coefficient (Wildman–Crippen LogP) is 3.60. The monoisotopic (exact) mass is 291 g/mol. The third-order valence-electron chi connectivity index (χ3n) is 3.12. The van der Waals surface area contributed by atoms with Gasteiger partial charge in [-0.2, -0.15) is 0 Å². The van der Waals surface area contributed by atoms with Crippen molar-refractivity contribution < 1.29 is 18.3 Å². The second kappa shape index (κ2) is 6.35. The number of ether oxygens (including phenoxy) is 1. The quantitative estimate of drug-likeness (QED) is 0.875. The van der Waals surface area contributed by atoms with Crippen molar-refractivity contribution in [3.8, 4) is 0 Å². The van der Waals surface area contributed by atoms with E-state index in [0.717, 1.165) is 0 Å². The van der Waals surface area contributed by atoms with Gasteiger partial charge in [-0.05, 0) is 48.4 Å². The summed E-state index contributed by atoms with van der Waals surface area (Å²) in [6, 6.07) is 9.19. The summed E-state index contributed by atoms with van der Waals surface area (Å²) in [5.74, 6) is -1.33. The van der Waals surface area contributed by atoms with Crippen molar-refractivity contribution in [3.05, 3.63) is 65.2 Å². The Labute approximate surface area is 121 Å². The lowest BCUT2D eigenvalue weighted by atomic mass is 10.0. The number of aryl methyl sites for hydroxylation is 1. The molecule has 1 N–H and O–H groups in total. The maximum absolute atomic E-state index is 13.7. The highest BCUT2D eigenvalue weighted by Crippen LogP contribution is 2.23. The summed E-state index contributed by atoms with van der Waals surface area (Å²) in [4.78, 5) is 11.9. The first-order valence-electron chi connectivity index (χ1n) is 6.37. The van der Waals surface area contributed by atoms with E-state index in [1.54, 1.807) is 19.1 Å². The molecule has 1 atom stereocenters. The number of carbonyl (C=O) groups excluding carboxylic acids is 1. The minimum atomic E-state index is -0.865. The molecule has 0 aliphatic heterocycles. The normalized spacial score (nSPS) is 11.8. The Morgan fingerprint density at radius 3 is 2.38 bits per heavy atom. The van der Waals surface area contributed by atoms with E-state index in [4.69, 9.17) is 4.74 Å². The fourth-order valence-corrected chi connectivity index (χ4v) is 1.90. The van der Waals surface area contributed by atoms with Crippen LogP contribution in [0.3, 0.4) is 0 Å². The summed E-state index contributed by atoms with van der Waals surface area (Å²) in [6.45, 7) is 1.64. The SMILES string of the molecule is COC(=O)C(Nc1ccc(F)cc1)c1ccc(C)c(F)c1. The molecule has 110 valence electrons. The van der Waals surface area contributed by atoms with Crippen molar-refractivity contribution in [2.45, 2.75) is 13.0 Å². The van der Waals surface area contributed by atoms with Gasteiger partial charge in [0.05, 0.1) is 7.11 Å². The van der Waals surface area contributed by atoms with Crippen molar-refractivity contribution >= 4 is 11.7 Å². The zero-order valence-corrected chi connectivity index (χ0v) is 11.7. The molecule has 2 aromatic carbocycles. The van der Waals surface area contributed by atoms with E-state index in [2.05, 4.69) is 5.32 Å². The fourth-order valence-electron chi connectivity index (χ4n) is 1.90. The highest BCUT2D eigenvalue weighted by atomic mass is 19.1. The number of esters is 1. The summed E-state index contributed by atoms with van der Waals surface area (Å²) in [6.07, 6.45) is 0. The molecule has 0 aromatic heterocycles. The van der Waals surface area contributed by atoms with Gasteiger partial charge >= 0.3 is 5.97 Å². The maximum Gasteiger partial charge on any atom is 0.332 e. The Morgan fingerprint density at radius 2 is 1.81 bits per heavy atom. The number of halogens is 2. The molecule has 5 heteroatoms. The lowest BCUT2D eigenvalue weighted by Gasteiger charge is -2.18. The van der Waals surface area contributed by atoms with E-state index in [1.807, 2.05) is 0 Å². The first-order chi connectivity index (χ1) is 10.0. The van der Waals surface area contributed by atoms with Gasteiger partial charge in [-0.15, -0.1) is 0 Å². The van der Waals surface area contributed by atoms with E-state index in [0.29, 0.717) is 16.8 Å². The van der Waals surface area contributed by atoms with Crippen LogP contribution in [0.2, 0.25) is 0 Å². The summed E-state index contributed by atoms with van der Waals surface area (Å²) in [7, 11) is 1.26. The molecule has 0 fully saturated rings. The molecule has 0 bridgehead atoms. The van der Waals surface area contributed by atoms with Gasteiger partial charge in [-0.25, -0.2) is 13.6 Å². The largest absolute Gasteiger partial charge is 0.467 e. The molecule has 1 unspecified atom stereocenters. The first kappa shape index (κ1) is 15.0. The van der Waals surface area contributed by atoms with Crippen LogP contribution < -0.4 is 5.32 Å². The van der Waals surface area contributed by atoms with Crippen LogP contribution in [0.5, 0.6) is 0 Å². The van der Waals surface area contributed by atoms with Crippen LogP contribution in [-0.2, 0) is 9.53 Å². The second-order valence-corrected chi connectivity index (χ2v) is 4.62. The molecule has 0 aliphatic rings. The Bertz CT molecular complexity index is 641. The highest BCUT2D eigenvalue weighted by Gasteiger charge is 2.22. The average molecular weight is 291 g/mol. The molecular weight excluding hydrogens is 276 g/mol. The molecular formula is C16H15F2NO2. The highest BCUT2D eigenvalue weighted by molar-refractivity contribution is 5.81. The Kier molecular flexibility index (Phi) is 4.52. The van der Waals surface area contributed by atoms with Crippen molar-refractivity contribution in [3.63, 3.8) is 0 Å². The van der Waals surface area contributed by atoms with Gasteiger partial charge in [0.25, 0.3) is 0 Å². The van der Waals surface area contributed by atoms with Crippen LogP contribution in [0.1, 0.15) is 17.2 Å². The molecule has 0 amide bonds. The lowest BCUT2D eigenvalue weighted by Crippen LogP contribution is -2.22. The first-order valence-corrected chi connectivity index (χ1v) is 6.37. The smallest absolute Gasteiger partial charge is 0.332 e. The van der Waals surface area contributed by atoms with Crippen LogP contribution >= 0.6 is 0 Å². The van der Waals surface area contributed by atoms with Gasteiger partial charge in [-0.1, -0.05) is 12.1 Å². The molecule has 0 heterocycles. The van der Waals surface area contributed by atoms with Gasteiger partial charge in [0.15, 0.2) is 6.04 Å².